The molecule has 0 saturated carbocycles. The van der Waals surface area contributed by atoms with E-state index in [0.29, 0.717) is 24.4 Å². The van der Waals surface area contributed by atoms with Gasteiger partial charge in [0.1, 0.15) is 5.82 Å². The molecule has 2 heterocycles. The summed E-state index contributed by atoms with van der Waals surface area (Å²) < 4.78 is 40.8. The van der Waals surface area contributed by atoms with Crippen molar-refractivity contribution in [2.24, 2.45) is 0 Å². The lowest BCUT2D eigenvalue weighted by atomic mass is 10.3. The van der Waals surface area contributed by atoms with Crippen molar-refractivity contribution in [2.75, 3.05) is 7.05 Å². The minimum Gasteiger partial charge on any atom is -0.478 e. The van der Waals surface area contributed by atoms with Crippen LogP contribution >= 0.6 is 11.6 Å². The number of halogens is 2. The van der Waals surface area contributed by atoms with Gasteiger partial charge in [-0.3, -0.25) is 4.98 Å². The fourth-order valence-electron chi connectivity index (χ4n) is 2.46. The molecule has 0 aliphatic rings. The molecule has 0 saturated heterocycles. The second-order valence-corrected chi connectivity index (χ2v) is 8.52. The molecular weight excluding hydrogens is 479 g/mol. The van der Waals surface area contributed by atoms with Gasteiger partial charge in [0.25, 0.3) is 0 Å². The van der Waals surface area contributed by atoms with E-state index in [1.807, 2.05) is 0 Å². The van der Waals surface area contributed by atoms with E-state index in [9.17, 15) is 22.4 Å². The number of hydrogen-bond acceptors (Lipinski definition) is 7. The van der Waals surface area contributed by atoms with Crippen molar-refractivity contribution in [1.29, 1.82) is 0 Å². The van der Waals surface area contributed by atoms with E-state index in [0.717, 1.165) is 10.7 Å². The first-order valence-electron chi connectivity index (χ1n) is 9.04. The first kappa shape index (κ1) is 25.6. The molecule has 174 valence electrons. The van der Waals surface area contributed by atoms with Crippen LogP contribution in [0, 0.1) is 5.82 Å². The van der Waals surface area contributed by atoms with Crippen LogP contribution in [0.25, 0.3) is 5.69 Å². The number of pyridine rings is 1. The highest BCUT2D eigenvalue weighted by atomic mass is 35.5. The number of benzene rings is 1. The number of hydrogen-bond donors (Lipinski definition) is 3. The minimum absolute atomic E-state index is 0.0136. The molecule has 2 aromatic heterocycles. The van der Waals surface area contributed by atoms with E-state index in [1.54, 1.807) is 7.05 Å². The van der Waals surface area contributed by atoms with Crippen LogP contribution in [0.2, 0.25) is 5.02 Å². The largest absolute Gasteiger partial charge is 0.478 e. The molecule has 0 amide bonds. The molecule has 3 aromatic rings. The lowest BCUT2D eigenvalue weighted by Gasteiger charge is -2.10. The molecule has 0 radical (unpaired) electrons. The van der Waals surface area contributed by atoms with E-state index in [-0.39, 0.29) is 20.6 Å². The summed E-state index contributed by atoms with van der Waals surface area (Å²) in [5.74, 6) is -3.06. The number of rotatable bonds is 7. The predicted octanol–water partition coefficient (Wildman–Crippen LogP) is 2.32. The standard InChI is InChI=1S/C16H14ClFN4O2S.C4H4O4/c1-19-9-12-8-16(25(23,24)13-3-2-6-20-10-13)22(21-12)15-7-11(18)4-5-14(15)17;5-3(6)1-2-4(7)8/h2-8,10,19H,9H2,1H3;1-2H,(H,5,6)(H,7,8)/b;2-1+. The molecule has 0 aliphatic carbocycles. The van der Waals surface area contributed by atoms with Crippen LogP contribution in [0.1, 0.15) is 5.69 Å². The molecule has 0 spiro atoms. The highest BCUT2D eigenvalue weighted by Gasteiger charge is 2.26. The number of carbonyl (C=O) groups is 2. The number of nitrogens with zero attached hydrogens (tertiary/aromatic N) is 3. The third-order valence-electron chi connectivity index (χ3n) is 3.81. The quantitative estimate of drug-likeness (QED) is 0.418. The highest BCUT2D eigenvalue weighted by Crippen LogP contribution is 2.28. The average Bonchev–Trinajstić information content (AvgIpc) is 3.20. The van der Waals surface area contributed by atoms with Gasteiger partial charge >= 0.3 is 11.9 Å². The number of carboxylic acid groups (broad SMARTS) is 2. The summed E-state index contributed by atoms with van der Waals surface area (Å²) in [6.45, 7) is 0.343. The molecular formula is C20H18ClFN4O6S. The Morgan fingerprint density at radius 2 is 1.85 bits per heavy atom. The smallest absolute Gasteiger partial charge is 0.328 e. The minimum atomic E-state index is -3.92. The second-order valence-electron chi connectivity index (χ2n) is 6.21. The van der Waals surface area contributed by atoms with Crippen molar-refractivity contribution in [1.82, 2.24) is 20.1 Å². The van der Waals surface area contributed by atoms with Crippen LogP contribution in [-0.2, 0) is 26.0 Å². The Morgan fingerprint density at radius 1 is 1.18 bits per heavy atom. The molecule has 3 rings (SSSR count). The van der Waals surface area contributed by atoms with Crippen molar-refractivity contribution in [3.05, 3.63) is 77.5 Å². The summed E-state index contributed by atoms with van der Waals surface area (Å²) in [4.78, 5) is 23.0. The summed E-state index contributed by atoms with van der Waals surface area (Å²) in [7, 11) is -2.20. The summed E-state index contributed by atoms with van der Waals surface area (Å²) >= 11 is 6.13. The molecule has 0 unspecified atom stereocenters. The van der Waals surface area contributed by atoms with Crippen LogP contribution in [0.4, 0.5) is 4.39 Å². The third-order valence-corrected chi connectivity index (χ3v) is 5.83. The van der Waals surface area contributed by atoms with Gasteiger partial charge in [-0.25, -0.2) is 27.1 Å². The zero-order chi connectivity index (χ0) is 24.6. The lowest BCUT2D eigenvalue weighted by Crippen LogP contribution is -2.11. The van der Waals surface area contributed by atoms with Gasteiger partial charge < -0.3 is 15.5 Å². The van der Waals surface area contributed by atoms with Crippen molar-refractivity contribution < 1.29 is 32.6 Å². The van der Waals surface area contributed by atoms with Gasteiger partial charge in [0.2, 0.25) is 9.84 Å². The summed E-state index contributed by atoms with van der Waals surface area (Å²) in [6.07, 6.45) is 3.84. The number of aliphatic carboxylic acids is 2. The Labute approximate surface area is 192 Å². The number of aromatic nitrogens is 3. The maximum atomic E-state index is 13.7. The van der Waals surface area contributed by atoms with E-state index >= 15 is 0 Å². The van der Waals surface area contributed by atoms with Gasteiger partial charge in [0.15, 0.2) is 5.03 Å². The van der Waals surface area contributed by atoms with Crippen LogP contribution < -0.4 is 5.32 Å². The molecule has 13 heteroatoms. The van der Waals surface area contributed by atoms with E-state index in [2.05, 4.69) is 15.4 Å². The maximum Gasteiger partial charge on any atom is 0.328 e. The Kier molecular flexibility index (Phi) is 8.79. The van der Waals surface area contributed by atoms with Gasteiger partial charge in [-0.15, -0.1) is 0 Å². The van der Waals surface area contributed by atoms with Crippen LogP contribution in [0.5, 0.6) is 0 Å². The topological polar surface area (TPSA) is 151 Å². The second kappa shape index (κ2) is 11.3. The Hall–Kier alpha value is -3.61. The Morgan fingerprint density at radius 3 is 2.39 bits per heavy atom. The zero-order valence-corrected chi connectivity index (χ0v) is 18.6. The van der Waals surface area contributed by atoms with Gasteiger partial charge in [-0.1, -0.05) is 11.6 Å². The van der Waals surface area contributed by atoms with Crippen LogP contribution in [0.15, 0.2) is 70.9 Å². The van der Waals surface area contributed by atoms with E-state index in [4.69, 9.17) is 21.8 Å². The molecule has 1 aromatic carbocycles. The van der Waals surface area contributed by atoms with Gasteiger partial charge in [0, 0.05) is 43.2 Å². The SMILES string of the molecule is CNCc1cc(S(=O)(=O)c2cccnc2)n(-c2cc(F)ccc2Cl)n1.O=C(O)/C=C/C(=O)O. The molecule has 0 atom stereocenters. The summed E-state index contributed by atoms with van der Waals surface area (Å²) in [5, 5.41) is 22.9. The van der Waals surface area contributed by atoms with E-state index in [1.165, 1.54) is 42.7 Å². The van der Waals surface area contributed by atoms with E-state index < -0.39 is 27.6 Å². The first-order chi connectivity index (χ1) is 15.6. The van der Waals surface area contributed by atoms with Crippen molar-refractivity contribution in [3.8, 4) is 5.69 Å². The molecule has 0 fully saturated rings. The lowest BCUT2D eigenvalue weighted by molar-refractivity contribution is -0.134. The highest BCUT2D eigenvalue weighted by molar-refractivity contribution is 7.91. The maximum absolute atomic E-state index is 13.7. The molecule has 10 nitrogen and oxygen atoms in total. The zero-order valence-electron chi connectivity index (χ0n) is 17.0. The first-order valence-corrected chi connectivity index (χ1v) is 10.9. The Bertz CT molecular complexity index is 1260. The monoisotopic (exact) mass is 496 g/mol. The fourth-order valence-corrected chi connectivity index (χ4v) is 4.01. The molecule has 33 heavy (non-hydrogen) atoms. The summed E-state index contributed by atoms with van der Waals surface area (Å²) in [6, 6.07) is 8.08. The summed E-state index contributed by atoms with van der Waals surface area (Å²) in [5.41, 5.74) is 0.622. The van der Waals surface area contributed by atoms with Gasteiger partial charge in [-0.2, -0.15) is 5.10 Å². The van der Waals surface area contributed by atoms with Crippen LogP contribution in [-0.4, -0.2) is 52.4 Å². The third kappa shape index (κ3) is 6.94. The number of nitrogens with one attached hydrogen (secondary N) is 1. The molecule has 3 N–H and O–H groups in total. The van der Waals surface area contributed by atoms with Crippen molar-refractivity contribution >= 4 is 33.4 Å². The van der Waals surface area contributed by atoms with Gasteiger partial charge in [-0.05, 0) is 31.3 Å². The van der Waals surface area contributed by atoms with Crippen LogP contribution in [0.3, 0.4) is 0 Å². The predicted molar refractivity (Wildman–Crippen MR) is 115 cm³/mol. The molecule has 0 bridgehead atoms. The fraction of sp³-hybridized carbons (Fsp3) is 0.100. The number of carboxylic acids is 2. The number of sulfone groups is 1. The Balaban J connectivity index is 0.000000414. The van der Waals surface area contributed by atoms with Crippen molar-refractivity contribution in [2.45, 2.75) is 16.5 Å². The van der Waals surface area contributed by atoms with Gasteiger partial charge in [0.05, 0.1) is 21.3 Å². The normalized spacial score (nSPS) is 11.1. The molecule has 0 aliphatic heterocycles. The average molecular weight is 497 g/mol. The van der Waals surface area contributed by atoms with Crippen molar-refractivity contribution in [3.63, 3.8) is 0 Å².